The summed E-state index contributed by atoms with van der Waals surface area (Å²) in [6, 6.07) is 12.1. The van der Waals surface area contributed by atoms with E-state index >= 15 is 0 Å². The molecule has 2 unspecified atom stereocenters. The molecule has 2 aliphatic rings. The Morgan fingerprint density at radius 2 is 2.14 bits per heavy atom. The molecule has 0 saturated carbocycles. The number of amides is 1. The second-order valence-electron chi connectivity index (χ2n) is 7.27. The summed E-state index contributed by atoms with van der Waals surface area (Å²) in [5.74, 6) is 1.54. The lowest BCUT2D eigenvalue weighted by Gasteiger charge is -2.22. The number of carbonyl (C=O) groups is 1. The van der Waals surface area contributed by atoms with Gasteiger partial charge in [0.1, 0.15) is 17.9 Å². The number of anilines is 1. The molecule has 3 aromatic rings. The summed E-state index contributed by atoms with van der Waals surface area (Å²) in [7, 11) is 0. The zero-order valence-electron chi connectivity index (χ0n) is 15.3. The molecule has 1 amide bonds. The van der Waals surface area contributed by atoms with E-state index in [-0.39, 0.29) is 6.04 Å². The van der Waals surface area contributed by atoms with Crippen LogP contribution in [0.1, 0.15) is 27.4 Å². The van der Waals surface area contributed by atoms with Gasteiger partial charge in [-0.05, 0) is 29.3 Å². The van der Waals surface area contributed by atoms with Crippen molar-refractivity contribution in [3.63, 3.8) is 0 Å². The van der Waals surface area contributed by atoms with Gasteiger partial charge in [-0.3, -0.25) is 4.79 Å². The van der Waals surface area contributed by atoms with Crippen LogP contribution in [0.4, 0.5) is 5.82 Å². The largest absolute Gasteiger partial charge is 0.493 e. The Morgan fingerprint density at radius 3 is 3.04 bits per heavy atom. The van der Waals surface area contributed by atoms with E-state index in [1.54, 1.807) is 6.07 Å². The van der Waals surface area contributed by atoms with Gasteiger partial charge in [0.2, 0.25) is 0 Å². The van der Waals surface area contributed by atoms with E-state index in [9.17, 15) is 4.79 Å². The summed E-state index contributed by atoms with van der Waals surface area (Å²) < 4.78 is 5.63. The number of primary amides is 1. The molecule has 0 spiro atoms. The molecular weight excluding hydrogens is 354 g/mol. The summed E-state index contributed by atoms with van der Waals surface area (Å²) in [6.45, 7) is 2.49. The molecule has 7 heteroatoms. The van der Waals surface area contributed by atoms with Crippen LogP contribution in [-0.2, 0) is 6.42 Å². The fraction of sp³-hybridized carbons (Fsp3) is 0.286. The summed E-state index contributed by atoms with van der Waals surface area (Å²) in [5.41, 5.74) is 9.05. The molecule has 0 aliphatic carbocycles. The number of carbonyl (C=O) groups excluding carboxylic acids is 1. The molecule has 142 valence electrons. The van der Waals surface area contributed by atoms with Crippen molar-refractivity contribution >= 4 is 22.6 Å². The molecule has 28 heavy (non-hydrogen) atoms. The number of hydrogen-bond acceptors (Lipinski definition) is 6. The zero-order valence-corrected chi connectivity index (χ0v) is 15.3. The third-order valence-electron chi connectivity index (χ3n) is 5.61. The van der Waals surface area contributed by atoms with Crippen LogP contribution >= 0.6 is 0 Å². The minimum atomic E-state index is -0.490. The van der Waals surface area contributed by atoms with Gasteiger partial charge in [0.15, 0.2) is 0 Å². The minimum Gasteiger partial charge on any atom is -0.493 e. The van der Waals surface area contributed by atoms with Crippen molar-refractivity contribution in [1.82, 2.24) is 15.3 Å². The predicted molar refractivity (Wildman–Crippen MR) is 107 cm³/mol. The number of ether oxygens (including phenoxy) is 1. The van der Waals surface area contributed by atoms with Gasteiger partial charge < -0.3 is 21.1 Å². The fourth-order valence-corrected chi connectivity index (χ4v) is 4.19. The van der Waals surface area contributed by atoms with Crippen molar-refractivity contribution in [1.29, 1.82) is 0 Å². The zero-order chi connectivity index (χ0) is 19.1. The third kappa shape index (κ3) is 2.84. The highest BCUT2D eigenvalue weighted by Crippen LogP contribution is 2.33. The van der Waals surface area contributed by atoms with Gasteiger partial charge in [-0.15, -0.1) is 0 Å². The number of nitrogens with one attached hydrogen (secondary N) is 2. The molecule has 1 aromatic heterocycles. The lowest BCUT2D eigenvalue weighted by molar-refractivity contribution is 0.100. The number of rotatable bonds is 4. The molecule has 2 aliphatic heterocycles. The smallest absolute Gasteiger partial charge is 0.250 e. The summed E-state index contributed by atoms with van der Waals surface area (Å²) >= 11 is 0. The van der Waals surface area contributed by atoms with E-state index in [4.69, 9.17) is 10.5 Å². The molecule has 2 atom stereocenters. The average molecular weight is 375 g/mol. The standard InChI is InChI=1S/C21H21N5O2/c22-20(27)14-2-1-3-15-19(14)24-11-25-21(15)26-17-10-23-9-16(17)12-4-5-18-13(8-12)6-7-28-18/h1-5,8,11,16-17,23H,6-7,9-10H2,(H2,22,27)(H,24,25,26). The Bertz CT molecular complexity index is 1070. The van der Waals surface area contributed by atoms with Gasteiger partial charge in [0.25, 0.3) is 5.91 Å². The predicted octanol–water partition coefficient (Wildman–Crippen LogP) is 1.83. The van der Waals surface area contributed by atoms with E-state index in [1.165, 1.54) is 17.5 Å². The Balaban J connectivity index is 1.47. The maximum Gasteiger partial charge on any atom is 0.250 e. The Labute approximate surface area is 162 Å². The van der Waals surface area contributed by atoms with Crippen LogP contribution in [-0.4, -0.2) is 41.6 Å². The van der Waals surface area contributed by atoms with Crippen molar-refractivity contribution in [3.8, 4) is 5.75 Å². The van der Waals surface area contributed by atoms with Crippen LogP contribution in [0.25, 0.3) is 10.9 Å². The summed E-state index contributed by atoms with van der Waals surface area (Å²) in [6.07, 6.45) is 2.44. The molecule has 5 rings (SSSR count). The van der Waals surface area contributed by atoms with Crippen LogP contribution in [0.15, 0.2) is 42.7 Å². The van der Waals surface area contributed by atoms with Crippen LogP contribution < -0.4 is 21.1 Å². The molecule has 3 heterocycles. The number of nitrogens with two attached hydrogens (primary N) is 1. The number of hydrogen-bond donors (Lipinski definition) is 3. The van der Waals surface area contributed by atoms with E-state index in [2.05, 4.69) is 38.8 Å². The summed E-state index contributed by atoms with van der Waals surface area (Å²) in [5, 5.41) is 7.84. The number of nitrogens with zero attached hydrogens (tertiary/aromatic N) is 2. The second-order valence-corrected chi connectivity index (χ2v) is 7.27. The summed E-state index contributed by atoms with van der Waals surface area (Å²) in [4.78, 5) is 20.4. The van der Waals surface area contributed by atoms with Crippen LogP contribution in [0.3, 0.4) is 0 Å². The quantitative estimate of drug-likeness (QED) is 0.643. The Kier molecular flexibility index (Phi) is 4.09. The first-order valence-corrected chi connectivity index (χ1v) is 9.47. The van der Waals surface area contributed by atoms with Gasteiger partial charge >= 0.3 is 0 Å². The van der Waals surface area contributed by atoms with Gasteiger partial charge in [-0.1, -0.05) is 18.2 Å². The molecule has 0 bridgehead atoms. The molecule has 2 aromatic carbocycles. The first kappa shape index (κ1) is 16.9. The Hall–Kier alpha value is -3.19. The van der Waals surface area contributed by atoms with Crippen molar-refractivity contribution in [3.05, 3.63) is 59.4 Å². The number of para-hydroxylation sites is 1. The lowest BCUT2D eigenvalue weighted by atomic mass is 9.92. The maximum absolute atomic E-state index is 11.7. The highest BCUT2D eigenvalue weighted by molar-refractivity contribution is 6.06. The van der Waals surface area contributed by atoms with Gasteiger partial charge in [0, 0.05) is 36.9 Å². The van der Waals surface area contributed by atoms with E-state index < -0.39 is 5.91 Å². The first-order chi connectivity index (χ1) is 13.7. The van der Waals surface area contributed by atoms with Crippen LogP contribution in [0, 0.1) is 0 Å². The first-order valence-electron chi connectivity index (χ1n) is 9.47. The maximum atomic E-state index is 11.7. The number of benzene rings is 2. The molecular formula is C21H21N5O2. The van der Waals surface area contributed by atoms with Crippen molar-refractivity contribution < 1.29 is 9.53 Å². The van der Waals surface area contributed by atoms with E-state index in [0.29, 0.717) is 17.0 Å². The molecule has 4 N–H and O–H groups in total. The normalized spacial score (nSPS) is 20.7. The molecule has 1 saturated heterocycles. The van der Waals surface area contributed by atoms with Crippen molar-refractivity contribution in [2.45, 2.75) is 18.4 Å². The highest BCUT2D eigenvalue weighted by Gasteiger charge is 2.30. The van der Waals surface area contributed by atoms with Crippen LogP contribution in [0.2, 0.25) is 0 Å². The fourth-order valence-electron chi connectivity index (χ4n) is 4.19. The molecule has 0 radical (unpaired) electrons. The Morgan fingerprint density at radius 1 is 1.21 bits per heavy atom. The number of fused-ring (bicyclic) bond motifs is 2. The highest BCUT2D eigenvalue weighted by atomic mass is 16.5. The monoisotopic (exact) mass is 375 g/mol. The van der Waals surface area contributed by atoms with Gasteiger partial charge in [0.05, 0.1) is 17.7 Å². The average Bonchev–Trinajstić information content (AvgIpc) is 3.36. The SMILES string of the molecule is NC(=O)c1cccc2c(NC3CNCC3c3ccc4c(c3)CCO4)ncnc12. The topological polar surface area (TPSA) is 102 Å². The van der Waals surface area contributed by atoms with Gasteiger partial charge in [-0.25, -0.2) is 9.97 Å². The second kappa shape index (κ2) is 6.76. The molecule has 7 nitrogen and oxygen atoms in total. The third-order valence-corrected chi connectivity index (χ3v) is 5.61. The van der Waals surface area contributed by atoms with Crippen molar-refractivity contribution in [2.24, 2.45) is 5.73 Å². The number of aromatic nitrogens is 2. The van der Waals surface area contributed by atoms with E-state index in [0.717, 1.165) is 43.1 Å². The van der Waals surface area contributed by atoms with Gasteiger partial charge in [-0.2, -0.15) is 0 Å². The van der Waals surface area contributed by atoms with Crippen molar-refractivity contribution in [2.75, 3.05) is 25.0 Å². The van der Waals surface area contributed by atoms with E-state index in [1.807, 2.05) is 12.1 Å². The molecule has 1 fully saturated rings. The lowest BCUT2D eigenvalue weighted by Crippen LogP contribution is -2.28. The minimum absolute atomic E-state index is 0.177. The van der Waals surface area contributed by atoms with Crippen LogP contribution in [0.5, 0.6) is 5.75 Å².